The van der Waals surface area contributed by atoms with E-state index in [2.05, 4.69) is 106 Å². The molecule has 0 aliphatic heterocycles. The monoisotopic (exact) mass is 849 g/mol. The van der Waals surface area contributed by atoms with Gasteiger partial charge in [-0.25, -0.2) is 0 Å². The number of carbonyl (C=O) groups excluding carboxylic acids is 3. The first-order chi connectivity index (χ1) is 30.0. The topological polar surface area (TPSA) is 78.9 Å². The fourth-order valence-corrected chi connectivity index (χ4v) is 6.67. The third-order valence-electron chi connectivity index (χ3n) is 10.4. The summed E-state index contributed by atoms with van der Waals surface area (Å²) in [6.45, 7) is 6.44. The highest BCUT2D eigenvalue weighted by atomic mass is 16.6. The first-order valence-corrected chi connectivity index (χ1v) is 25.1. The summed E-state index contributed by atoms with van der Waals surface area (Å²) in [4.78, 5) is 37.8. The van der Waals surface area contributed by atoms with Crippen molar-refractivity contribution in [2.24, 2.45) is 0 Å². The Balaban J connectivity index is 4.38. The zero-order chi connectivity index (χ0) is 44.4. The molecule has 0 saturated carbocycles. The molecule has 0 aromatic carbocycles. The lowest BCUT2D eigenvalue weighted by atomic mass is 10.1. The van der Waals surface area contributed by atoms with Crippen molar-refractivity contribution in [3.63, 3.8) is 0 Å². The number of hydrogen-bond acceptors (Lipinski definition) is 6. The highest BCUT2D eigenvalue weighted by molar-refractivity contribution is 5.71. The highest BCUT2D eigenvalue weighted by Gasteiger charge is 2.19. The maximum Gasteiger partial charge on any atom is 0.306 e. The summed E-state index contributed by atoms with van der Waals surface area (Å²) in [5.74, 6) is -0.960. The van der Waals surface area contributed by atoms with Crippen molar-refractivity contribution in [2.45, 2.75) is 232 Å². The van der Waals surface area contributed by atoms with Gasteiger partial charge < -0.3 is 14.2 Å². The summed E-state index contributed by atoms with van der Waals surface area (Å²) in [7, 11) is 0. The van der Waals surface area contributed by atoms with Gasteiger partial charge in [0.25, 0.3) is 0 Å². The average Bonchev–Trinajstić information content (AvgIpc) is 3.26. The Morgan fingerprint density at radius 2 is 0.639 bits per heavy atom. The van der Waals surface area contributed by atoms with Crippen molar-refractivity contribution in [3.05, 3.63) is 85.1 Å². The predicted octanol–water partition coefficient (Wildman–Crippen LogP) is 16.4. The van der Waals surface area contributed by atoms with Crippen molar-refractivity contribution in [1.29, 1.82) is 0 Å². The highest BCUT2D eigenvalue weighted by Crippen LogP contribution is 2.14. The Labute approximate surface area is 375 Å². The quantitative estimate of drug-likeness (QED) is 0.0263. The molecule has 0 N–H and O–H groups in total. The molecule has 0 saturated heterocycles. The molecule has 0 aromatic heterocycles. The Morgan fingerprint density at radius 1 is 0.344 bits per heavy atom. The molecule has 348 valence electrons. The molecular formula is C55H92O6. The van der Waals surface area contributed by atoms with E-state index < -0.39 is 6.10 Å². The van der Waals surface area contributed by atoms with E-state index in [0.29, 0.717) is 19.3 Å². The largest absolute Gasteiger partial charge is 0.462 e. The summed E-state index contributed by atoms with van der Waals surface area (Å²) in [6.07, 6.45) is 62.9. The lowest BCUT2D eigenvalue weighted by Gasteiger charge is -2.18. The van der Waals surface area contributed by atoms with Crippen LogP contribution in [0.5, 0.6) is 0 Å². The standard InChI is InChI=1S/C55H92O6/c1-4-7-10-13-16-19-21-22-23-24-25-26-27-28-29-30-31-32-34-36-39-42-45-48-54(57)60-51-52(50-59-53(56)47-44-41-38-35-18-15-12-9-6-3)61-55(58)49-46-43-40-37-33-20-17-14-11-8-5-2/h7,10,16,19,22-23,25-26,28-29,31-32,36,39,52H,4-6,8-9,11-15,17-18,20-21,24,27,30,33-35,37-38,40-51H2,1-3H3/b10-7-,19-16-,23-22-,26-25-,29-28-,32-31-,39-36-. The van der Waals surface area contributed by atoms with Crippen LogP contribution in [0.3, 0.4) is 0 Å². The number of rotatable bonds is 44. The van der Waals surface area contributed by atoms with E-state index in [1.807, 2.05) is 0 Å². The molecule has 6 heteroatoms. The maximum atomic E-state index is 12.7. The number of allylic oxidation sites excluding steroid dienone is 14. The summed E-state index contributed by atoms with van der Waals surface area (Å²) in [5.41, 5.74) is 0. The fourth-order valence-electron chi connectivity index (χ4n) is 6.67. The number of unbranched alkanes of at least 4 members (excludes halogenated alkanes) is 19. The van der Waals surface area contributed by atoms with Crippen molar-refractivity contribution >= 4 is 17.9 Å². The normalized spacial score (nSPS) is 12.8. The summed E-state index contributed by atoms with van der Waals surface area (Å²) < 4.78 is 16.7. The van der Waals surface area contributed by atoms with Gasteiger partial charge in [0, 0.05) is 19.3 Å². The smallest absolute Gasteiger partial charge is 0.306 e. The number of ether oxygens (including phenoxy) is 3. The lowest BCUT2D eigenvalue weighted by molar-refractivity contribution is -0.167. The molecule has 0 spiro atoms. The van der Waals surface area contributed by atoms with Crippen LogP contribution in [-0.2, 0) is 28.6 Å². The van der Waals surface area contributed by atoms with E-state index in [1.165, 1.54) is 89.9 Å². The molecule has 1 unspecified atom stereocenters. The second kappa shape index (κ2) is 49.2. The van der Waals surface area contributed by atoms with Crippen molar-refractivity contribution in [3.8, 4) is 0 Å². The van der Waals surface area contributed by atoms with Crippen molar-refractivity contribution in [2.75, 3.05) is 13.2 Å². The third-order valence-corrected chi connectivity index (χ3v) is 10.4. The van der Waals surface area contributed by atoms with Gasteiger partial charge in [0.2, 0.25) is 0 Å². The number of carbonyl (C=O) groups is 3. The molecule has 0 aliphatic rings. The molecule has 0 heterocycles. The second-order valence-corrected chi connectivity index (χ2v) is 16.4. The molecule has 0 aromatic rings. The molecule has 6 nitrogen and oxygen atoms in total. The fraction of sp³-hybridized carbons (Fsp3) is 0.691. The van der Waals surface area contributed by atoms with Crippen LogP contribution in [0.25, 0.3) is 0 Å². The second-order valence-electron chi connectivity index (χ2n) is 16.4. The van der Waals surface area contributed by atoms with Crippen LogP contribution in [-0.4, -0.2) is 37.2 Å². The lowest BCUT2D eigenvalue weighted by Crippen LogP contribution is -2.30. The van der Waals surface area contributed by atoms with Crippen LogP contribution in [0.4, 0.5) is 0 Å². The van der Waals surface area contributed by atoms with E-state index in [-0.39, 0.29) is 37.5 Å². The van der Waals surface area contributed by atoms with Crippen LogP contribution in [0, 0.1) is 0 Å². The third kappa shape index (κ3) is 47.5. The molecule has 61 heavy (non-hydrogen) atoms. The summed E-state index contributed by atoms with van der Waals surface area (Å²) >= 11 is 0. The summed E-state index contributed by atoms with van der Waals surface area (Å²) in [6, 6.07) is 0. The van der Waals surface area contributed by atoms with E-state index in [4.69, 9.17) is 14.2 Å². The van der Waals surface area contributed by atoms with E-state index >= 15 is 0 Å². The van der Waals surface area contributed by atoms with Gasteiger partial charge in [-0.15, -0.1) is 0 Å². The Morgan fingerprint density at radius 3 is 1.00 bits per heavy atom. The first-order valence-electron chi connectivity index (χ1n) is 25.1. The van der Waals surface area contributed by atoms with E-state index in [0.717, 1.165) is 89.9 Å². The van der Waals surface area contributed by atoms with Crippen molar-refractivity contribution in [1.82, 2.24) is 0 Å². The van der Waals surface area contributed by atoms with Crippen LogP contribution >= 0.6 is 0 Å². The molecule has 1 atom stereocenters. The molecule has 0 amide bonds. The SMILES string of the molecule is CC/C=C\C/C=C\C/C=C\C/C=C\C/C=C\C/C=C\C/C=C\CCCC(=O)OCC(COC(=O)CCCCCCCCCCC)OC(=O)CCCCCCCCCCCCC. The molecule has 0 bridgehead atoms. The minimum absolute atomic E-state index is 0.0924. The number of hydrogen-bond donors (Lipinski definition) is 0. The van der Waals surface area contributed by atoms with Gasteiger partial charge >= 0.3 is 17.9 Å². The van der Waals surface area contributed by atoms with Crippen LogP contribution in [0.2, 0.25) is 0 Å². The Hall–Kier alpha value is -3.41. The van der Waals surface area contributed by atoms with Crippen LogP contribution in [0.1, 0.15) is 226 Å². The molecule has 0 fully saturated rings. The van der Waals surface area contributed by atoms with Crippen LogP contribution < -0.4 is 0 Å². The van der Waals surface area contributed by atoms with Gasteiger partial charge in [-0.05, 0) is 70.6 Å². The minimum Gasteiger partial charge on any atom is -0.462 e. The van der Waals surface area contributed by atoms with Crippen molar-refractivity contribution < 1.29 is 28.6 Å². The molecule has 0 rings (SSSR count). The average molecular weight is 849 g/mol. The maximum absolute atomic E-state index is 12.7. The summed E-state index contributed by atoms with van der Waals surface area (Å²) in [5, 5.41) is 0. The van der Waals surface area contributed by atoms with Gasteiger partial charge in [0.15, 0.2) is 6.10 Å². The number of esters is 3. The Kier molecular flexibility index (Phi) is 46.5. The predicted molar refractivity (Wildman–Crippen MR) is 261 cm³/mol. The zero-order valence-electron chi connectivity index (χ0n) is 39.7. The van der Waals surface area contributed by atoms with Gasteiger partial charge in [-0.3, -0.25) is 14.4 Å². The minimum atomic E-state index is -0.794. The van der Waals surface area contributed by atoms with Gasteiger partial charge in [0.1, 0.15) is 13.2 Å². The first kappa shape index (κ1) is 57.6. The molecule has 0 aliphatic carbocycles. The molecule has 0 radical (unpaired) electrons. The molecular weight excluding hydrogens is 757 g/mol. The van der Waals surface area contributed by atoms with Crippen LogP contribution in [0.15, 0.2) is 85.1 Å². The van der Waals surface area contributed by atoms with Gasteiger partial charge in [-0.1, -0.05) is 221 Å². The Bertz CT molecular complexity index is 1200. The van der Waals surface area contributed by atoms with Gasteiger partial charge in [0.05, 0.1) is 0 Å². The van der Waals surface area contributed by atoms with E-state index in [1.54, 1.807) is 0 Å². The van der Waals surface area contributed by atoms with Gasteiger partial charge in [-0.2, -0.15) is 0 Å². The van der Waals surface area contributed by atoms with E-state index in [9.17, 15) is 14.4 Å². The zero-order valence-corrected chi connectivity index (χ0v) is 39.7.